The number of rotatable bonds is 5. The summed E-state index contributed by atoms with van der Waals surface area (Å²) in [5.74, 6) is -0.0268. The van der Waals surface area contributed by atoms with Gasteiger partial charge in [-0.1, -0.05) is 11.6 Å². The van der Waals surface area contributed by atoms with E-state index in [1.165, 1.54) is 0 Å². The van der Waals surface area contributed by atoms with E-state index in [9.17, 15) is 9.59 Å². The standard InChI is InChI=1S/C15H21ClN4O3/c1-10(9-23-2)18-15(22)19-11-3-4-13(12(16)7-11)20-6-5-17-14(21)8-20/h3-4,7,10H,5-6,8-9H2,1-2H3,(H,17,21)(H2,18,19,22)/t10-/m1/s1. The molecule has 0 spiro atoms. The fraction of sp³-hybridized carbons (Fsp3) is 0.467. The topological polar surface area (TPSA) is 82.7 Å². The van der Waals surface area contributed by atoms with Crippen LogP contribution in [0.3, 0.4) is 0 Å². The van der Waals surface area contributed by atoms with E-state index in [0.29, 0.717) is 30.4 Å². The highest BCUT2D eigenvalue weighted by Crippen LogP contribution is 2.29. The minimum atomic E-state index is -0.323. The Kier molecular flexibility index (Phi) is 6.06. The molecule has 3 N–H and O–H groups in total. The monoisotopic (exact) mass is 340 g/mol. The average Bonchev–Trinajstić information content (AvgIpc) is 2.47. The number of urea groups is 1. The van der Waals surface area contributed by atoms with E-state index in [1.807, 2.05) is 11.8 Å². The Morgan fingerprint density at radius 1 is 1.52 bits per heavy atom. The van der Waals surface area contributed by atoms with Crippen molar-refractivity contribution < 1.29 is 14.3 Å². The first-order valence-corrected chi connectivity index (χ1v) is 7.75. The van der Waals surface area contributed by atoms with Crippen molar-refractivity contribution in [2.45, 2.75) is 13.0 Å². The number of methoxy groups -OCH3 is 1. The molecule has 23 heavy (non-hydrogen) atoms. The zero-order chi connectivity index (χ0) is 16.8. The summed E-state index contributed by atoms with van der Waals surface area (Å²) >= 11 is 6.28. The van der Waals surface area contributed by atoms with Crippen LogP contribution < -0.4 is 20.9 Å². The number of carbonyl (C=O) groups is 2. The van der Waals surface area contributed by atoms with Crippen molar-refractivity contribution in [1.29, 1.82) is 0 Å². The largest absolute Gasteiger partial charge is 0.383 e. The van der Waals surface area contributed by atoms with Crippen molar-refractivity contribution in [2.24, 2.45) is 0 Å². The molecule has 1 aliphatic heterocycles. The summed E-state index contributed by atoms with van der Waals surface area (Å²) in [4.78, 5) is 25.2. The van der Waals surface area contributed by atoms with E-state index in [-0.39, 0.29) is 24.5 Å². The molecule has 7 nitrogen and oxygen atoms in total. The van der Waals surface area contributed by atoms with Gasteiger partial charge in [0.1, 0.15) is 0 Å². The summed E-state index contributed by atoms with van der Waals surface area (Å²) in [6.45, 7) is 3.86. The maximum absolute atomic E-state index is 11.9. The van der Waals surface area contributed by atoms with Crippen LogP contribution in [0.1, 0.15) is 6.92 Å². The Morgan fingerprint density at radius 3 is 2.96 bits per heavy atom. The number of hydrogen-bond donors (Lipinski definition) is 3. The van der Waals surface area contributed by atoms with E-state index < -0.39 is 0 Å². The van der Waals surface area contributed by atoms with Gasteiger partial charge in [0, 0.05) is 25.9 Å². The normalized spacial score (nSPS) is 15.8. The number of nitrogens with one attached hydrogen (secondary N) is 3. The van der Waals surface area contributed by atoms with Crippen LogP contribution >= 0.6 is 11.6 Å². The zero-order valence-corrected chi connectivity index (χ0v) is 13.9. The van der Waals surface area contributed by atoms with Crippen LogP contribution in [0.5, 0.6) is 0 Å². The molecule has 0 aromatic heterocycles. The van der Waals surface area contributed by atoms with Crippen LogP contribution in [0.15, 0.2) is 18.2 Å². The molecule has 0 aliphatic carbocycles. The number of benzene rings is 1. The molecule has 1 aliphatic rings. The molecule has 0 radical (unpaired) electrons. The van der Waals surface area contributed by atoms with Crippen molar-refractivity contribution in [3.05, 3.63) is 23.2 Å². The van der Waals surface area contributed by atoms with Gasteiger partial charge in [0.05, 0.1) is 29.9 Å². The number of hydrogen-bond acceptors (Lipinski definition) is 4. The molecule has 2 rings (SSSR count). The molecule has 0 saturated carbocycles. The van der Waals surface area contributed by atoms with Gasteiger partial charge in [0.25, 0.3) is 0 Å². The average molecular weight is 341 g/mol. The number of halogens is 1. The summed E-state index contributed by atoms with van der Waals surface area (Å²) in [6, 6.07) is 4.81. The Bertz CT molecular complexity index is 582. The van der Waals surface area contributed by atoms with Crippen LogP contribution in [0.2, 0.25) is 5.02 Å². The lowest BCUT2D eigenvalue weighted by molar-refractivity contribution is -0.120. The fourth-order valence-corrected chi connectivity index (χ4v) is 2.67. The van der Waals surface area contributed by atoms with Gasteiger partial charge in [0.15, 0.2) is 0 Å². The van der Waals surface area contributed by atoms with Gasteiger partial charge < -0.3 is 25.6 Å². The van der Waals surface area contributed by atoms with Gasteiger partial charge in [-0.3, -0.25) is 4.79 Å². The summed E-state index contributed by atoms with van der Waals surface area (Å²) in [7, 11) is 1.58. The Hall–Kier alpha value is -1.99. The molecule has 8 heteroatoms. The number of nitrogens with zero attached hydrogens (tertiary/aromatic N) is 1. The SMILES string of the molecule is COC[C@@H](C)NC(=O)Nc1ccc(N2CCNC(=O)C2)c(Cl)c1. The van der Waals surface area contributed by atoms with Gasteiger partial charge in [-0.25, -0.2) is 4.79 Å². The lowest BCUT2D eigenvalue weighted by Gasteiger charge is -2.29. The van der Waals surface area contributed by atoms with E-state index in [0.717, 1.165) is 5.69 Å². The third-order valence-corrected chi connectivity index (χ3v) is 3.68. The van der Waals surface area contributed by atoms with E-state index in [1.54, 1.807) is 25.3 Å². The van der Waals surface area contributed by atoms with Crippen LogP contribution in [-0.4, -0.2) is 51.3 Å². The third kappa shape index (κ3) is 5.01. The molecular formula is C15H21ClN4O3. The van der Waals surface area contributed by atoms with Crippen molar-refractivity contribution in [2.75, 3.05) is 43.6 Å². The minimum Gasteiger partial charge on any atom is -0.383 e. The van der Waals surface area contributed by atoms with Gasteiger partial charge in [0.2, 0.25) is 5.91 Å². The van der Waals surface area contributed by atoms with Crippen LogP contribution in [0, 0.1) is 0 Å². The summed E-state index contributed by atoms with van der Waals surface area (Å²) in [5.41, 5.74) is 1.36. The van der Waals surface area contributed by atoms with Gasteiger partial charge in [-0.05, 0) is 25.1 Å². The lowest BCUT2D eigenvalue weighted by Crippen LogP contribution is -2.47. The number of carbonyl (C=O) groups excluding carboxylic acids is 2. The molecule has 0 bridgehead atoms. The highest BCUT2D eigenvalue weighted by atomic mass is 35.5. The summed E-state index contributed by atoms with van der Waals surface area (Å²) < 4.78 is 4.96. The van der Waals surface area contributed by atoms with Crippen molar-refractivity contribution in [3.63, 3.8) is 0 Å². The fourth-order valence-electron chi connectivity index (χ4n) is 2.37. The molecular weight excluding hydrogens is 320 g/mol. The van der Waals surface area contributed by atoms with Crippen molar-refractivity contribution in [3.8, 4) is 0 Å². The number of ether oxygens (including phenoxy) is 1. The van der Waals surface area contributed by atoms with Crippen molar-refractivity contribution in [1.82, 2.24) is 10.6 Å². The molecule has 126 valence electrons. The zero-order valence-electron chi connectivity index (χ0n) is 13.2. The molecule has 1 atom stereocenters. The van der Waals surface area contributed by atoms with E-state index >= 15 is 0 Å². The first-order chi connectivity index (χ1) is 11.0. The second-order valence-electron chi connectivity index (χ2n) is 5.39. The van der Waals surface area contributed by atoms with Crippen LogP contribution in [-0.2, 0) is 9.53 Å². The highest BCUT2D eigenvalue weighted by molar-refractivity contribution is 6.33. The Labute approximate surface area is 140 Å². The second kappa shape index (κ2) is 8.03. The molecule has 0 unspecified atom stereocenters. The molecule has 1 saturated heterocycles. The van der Waals surface area contributed by atoms with Crippen LogP contribution in [0.25, 0.3) is 0 Å². The number of anilines is 2. The first kappa shape index (κ1) is 17.4. The third-order valence-electron chi connectivity index (χ3n) is 3.38. The second-order valence-corrected chi connectivity index (χ2v) is 5.80. The summed E-state index contributed by atoms with van der Waals surface area (Å²) in [6.07, 6.45) is 0. The minimum absolute atomic E-state index is 0.0268. The quantitative estimate of drug-likeness (QED) is 0.757. The smallest absolute Gasteiger partial charge is 0.319 e. The van der Waals surface area contributed by atoms with Crippen molar-refractivity contribution >= 4 is 34.9 Å². The molecule has 1 heterocycles. The Morgan fingerprint density at radius 2 is 2.30 bits per heavy atom. The number of amides is 3. The number of piperazine rings is 1. The molecule has 3 amide bonds. The maximum atomic E-state index is 11.9. The maximum Gasteiger partial charge on any atom is 0.319 e. The van der Waals surface area contributed by atoms with E-state index in [4.69, 9.17) is 16.3 Å². The summed E-state index contributed by atoms with van der Waals surface area (Å²) in [5, 5.41) is 8.73. The highest BCUT2D eigenvalue weighted by Gasteiger charge is 2.19. The van der Waals surface area contributed by atoms with Gasteiger partial charge in [-0.15, -0.1) is 0 Å². The predicted molar refractivity (Wildman–Crippen MR) is 90.2 cm³/mol. The van der Waals surface area contributed by atoms with Crippen LogP contribution in [0.4, 0.5) is 16.2 Å². The lowest BCUT2D eigenvalue weighted by atomic mass is 10.2. The predicted octanol–water partition coefficient (Wildman–Crippen LogP) is 1.43. The Balaban J connectivity index is 1.98. The molecule has 1 aromatic carbocycles. The molecule has 1 fully saturated rings. The molecule has 1 aromatic rings. The van der Waals surface area contributed by atoms with E-state index in [2.05, 4.69) is 16.0 Å². The van der Waals surface area contributed by atoms with Gasteiger partial charge >= 0.3 is 6.03 Å². The van der Waals surface area contributed by atoms with Gasteiger partial charge in [-0.2, -0.15) is 0 Å². The first-order valence-electron chi connectivity index (χ1n) is 7.37.